The van der Waals surface area contributed by atoms with Crippen LogP contribution >= 0.6 is 0 Å². The Bertz CT molecular complexity index is 2610. The number of hydrogen-bond acceptors (Lipinski definition) is 16. The third-order valence-corrected chi connectivity index (χ3v) is 10.8. The number of aromatic carboxylic acids is 1. The second-order valence-electron chi connectivity index (χ2n) is 16.4. The Morgan fingerprint density at radius 3 is 2.20 bits per heavy atom. The molecule has 5 rings (SSSR count). The molecule has 6 amide bonds. The van der Waals surface area contributed by atoms with Gasteiger partial charge in [0.05, 0.1) is 29.6 Å². The summed E-state index contributed by atoms with van der Waals surface area (Å²) < 4.78 is 0. The maximum Gasteiger partial charge on any atom is 0.336 e. The van der Waals surface area contributed by atoms with E-state index in [4.69, 9.17) is 11.5 Å². The normalized spacial score (nSPS) is 14.4. The van der Waals surface area contributed by atoms with Gasteiger partial charge < -0.3 is 63.6 Å². The quantitative estimate of drug-likeness (QED) is 0.0439. The summed E-state index contributed by atoms with van der Waals surface area (Å²) in [7, 11) is 0. The Morgan fingerprint density at radius 1 is 0.812 bits per heavy atom. The molecule has 24 heteroatoms. The van der Waals surface area contributed by atoms with Gasteiger partial charge in [0.15, 0.2) is 17.0 Å². The number of aliphatic hydroxyl groups excluding tert-OH is 1. The first kappa shape index (κ1) is 51.7. The molecule has 2 aromatic heterocycles. The van der Waals surface area contributed by atoms with Crippen molar-refractivity contribution in [2.75, 3.05) is 35.2 Å². The molecule has 1 aliphatic heterocycles. The predicted molar refractivity (Wildman–Crippen MR) is 250 cm³/mol. The number of aromatic nitrogens is 4. The third kappa shape index (κ3) is 14.6. The Morgan fingerprint density at radius 2 is 1.54 bits per heavy atom. The van der Waals surface area contributed by atoms with Crippen LogP contribution in [-0.2, 0) is 30.5 Å². The van der Waals surface area contributed by atoms with Crippen molar-refractivity contribution < 1.29 is 53.7 Å². The first-order valence-electron chi connectivity index (χ1n) is 22.0. The molecule has 13 N–H and O–H groups in total. The summed E-state index contributed by atoms with van der Waals surface area (Å²) in [5.74, 6) is -6.49. The molecular weight excluding hydrogens is 899 g/mol. The Kier molecular flexibility index (Phi) is 17.9. The van der Waals surface area contributed by atoms with Gasteiger partial charge in [-0.2, -0.15) is 9.97 Å². The molecule has 3 heterocycles. The molecule has 366 valence electrons. The average molecular weight is 954 g/mol. The number of carbonyl (C=O) groups is 8. The number of fused-ring (bicyclic) bond motifs is 1. The number of benzene rings is 2. The van der Waals surface area contributed by atoms with E-state index in [0.717, 1.165) is 6.07 Å². The number of aliphatic hydroxyl groups is 1. The number of anilines is 4. The molecule has 0 radical (unpaired) electrons. The Labute approximate surface area is 395 Å². The molecule has 4 aromatic rings. The minimum absolute atomic E-state index is 0.0129. The third-order valence-electron chi connectivity index (χ3n) is 10.8. The molecule has 0 saturated heterocycles. The van der Waals surface area contributed by atoms with Crippen LogP contribution in [0.1, 0.15) is 96.1 Å². The van der Waals surface area contributed by atoms with Crippen molar-refractivity contribution in [1.82, 2.24) is 46.1 Å². The number of unbranched alkanes of at least 4 members (excludes halogenated alkanes) is 2. The second kappa shape index (κ2) is 24.0. The van der Waals surface area contributed by atoms with E-state index in [9.17, 15) is 53.7 Å². The molecule has 1 unspecified atom stereocenters. The van der Waals surface area contributed by atoms with Gasteiger partial charge in [-0.05, 0) is 87.1 Å². The van der Waals surface area contributed by atoms with Gasteiger partial charge in [0, 0.05) is 42.5 Å². The van der Waals surface area contributed by atoms with E-state index in [2.05, 4.69) is 51.8 Å². The topological polar surface area (TPSA) is 376 Å². The lowest BCUT2D eigenvalue weighted by atomic mass is 10.0. The zero-order chi connectivity index (χ0) is 50.4. The number of carboxylic acid groups (broad SMARTS) is 2. The predicted octanol–water partition coefficient (Wildman–Crippen LogP) is 1.15. The number of amides is 6. The van der Waals surface area contributed by atoms with E-state index in [0.29, 0.717) is 42.7 Å². The van der Waals surface area contributed by atoms with Crippen molar-refractivity contribution in [3.8, 4) is 0 Å². The van der Waals surface area contributed by atoms with Gasteiger partial charge in [0.1, 0.15) is 24.4 Å². The van der Waals surface area contributed by atoms with Crippen molar-refractivity contribution in [1.29, 1.82) is 0 Å². The first-order valence-corrected chi connectivity index (χ1v) is 22.0. The zero-order valence-electron chi connectivity index (χ0n) is 38.0. The van der Waals surface area contributed by atoms with Crippen LogP contribution in [0.4, 0.5) is 23.1 Å². The Hall–Kier alpha value is -8.28. The molecular formula is C45H55N13O11. The minimum atomic E-state index is -1.48. The van der Waals surface area contributed by atoms with E-state index in [1.54, 1.807) is 26.0 Å². The summed E-state index contributed by atoms with van der Waals surface area (Å²) in [5.41, 5.74) is 12.7. The van der Waals surface area contributed by atoms with Crippen LogP contribution in [0, 0.1) is 5.92 Å². The molecule has 0 bridgehead atoms. The summed E-state index contributed by atoms with van der Waals surface area (Å²) >= 11 is 0. The largest absolute Gasteiger partial charge is 0.480 e. The molecule has 1 aliphatic rings. The molecule has 0 saturated carbocycles. The first-order chi connectivity index (χ1) is 32.8. The molecule has 24 nitrogen and oxygen atoms in total. The van der Waals surface area contributed by atoms with Gasteiger partial charge in [0.25, 0.3) is 11.8 Å². The lowest BCUT2D eigenvalue weighted by molar-refractivity contribution is -0.139. The monoisotopic (exact) mass is 953 g/mol. The lowest BCUT2D eigenvalue weighted by Crippen LogP contribution is -2.53. The highest BCUT2D eigenvalue weighted by molar-refractivity contribution is 6.06. The molecule has 69 heavy (non-hydrogen) atoms. The van der Waals surface area contributed by atoms with Gasteiger partial charge in [0.2, 0.25) is 29.6 Å². The highest BCUT2D eigenvalue weighted by Crippen LogP contribution is 2.19. The number of carboxylic acids is 2. The fourth-order valence-electron chi connectivity index (χ4n) is 6.98. The summed E-state index contributed by atoms with van der Waals surface area (Å²) in [4.78, 5) is 119. The highest BCUT2D eigenvalue weighted by atomic mass is 16.4. The van der Waals surface area contributed by atoms with Crippen LogP contribution in [0.3, 0.4) is 0 Å². The van der Waals surface area contributed by atoms with Crippen LogP contribution in [0.25, 0.3) is 11.2 Å². The van der Waals surface area contributed by atoms with E-state index < -0.39 is 65.5 Å². The number of aliphatic carboxylic acids is 1. The van der Waals surface area contributed by atoms with Crippen molar-refractivity contribution in [2.24, 2.45) is 5.92 Å². The summed E-state index contributed by atoms with van der Waals surface area (Å²) in [6.07, 6.45) is 5.01. The van der Waals surface area contributed by atoms with Crippen molar-refractivity contribution in [3.05, 3.63) is 83.2 Å². The van der Waals surface area contributed by atoms with Crippen LogP contribution in [0.15, 0.2) is 60.8 Å². The molecule has 2 aromatic carbocycles. The number of nitrogens with one attached hydrogen (secondary N) is 6. The standard InChI is InChI=1S/C45H55N13O11/c1-23(2)35(55-32(59)9-5-4-6-19-58-33(60)16-17-34(58)61)42(65)51-24(3)39(62)53-27-14-15-29(30(20-27)43(66)67)41(64)48-18-7-8-31(44(68)69)54-40(63)25-10-12-26(13-11-25)49-21-28-22-50-38-36(52-28)37(46)56-45(47)57-38/h10-17,20,22-24,31,33,35,49,60H,4-9,18-19,21H2,1-3H3,(H,48,64)(H,51,65)(H,53,62)(H,54,63)(H,55,59)(H,66,67)(H,68,69)(H4,46,47,50,56,57)/t24-,31-,33?,35-/m0/s1. The van der Waals surface area contributed by atoms with Gasteiger partial charge in [-0.15, -0.1) is 0 Å². The van der Waals surface area contributed by atoms with Gasteiger partial charge >= 0.3 is 11.9 Å². The molecule has 0 fully saturated rings. The molecule has 4 atom stereocenters. The number of carbonyl (C=O) groups excluding carboxylic acids is 6. The van der Waals surface area contributed by atoms with Crippen molar-refractivity contribution in [2.45, 2.75) is 90.2 Å². The van der Waals surface area contributed by atoms with Gasteiger partial charge in [-0.3, -0.25) is 28.8 Å². The summed E-state index contributed by atoms with van der Waals surface area (Å²) in [6, 6.07) is 6.38. The maximum absolute atomic E-state index is 13.2. The van der Waals surface area contributed by atoms with Crippen LogP contribution in [-0.4, -0.2) is 125 Å². The van der Waals surface area contributed by atoms with Crippen LogP contribution in [0.2, 0.25) is 0 Å². The highest BCUT2D eigenvalue weighted by Gasteiger charge is 2.28. The number of rotatable bonds is 24. The van der Waals surface area contributed by atoms with Crippen LogP contribution in [0.5, 0.6) is 0 Å². The molecule has 0 aliphatic carbocycles. The van der Waals surface area contributed by atoms with E-state index in [1.165, 1.54) is 54.4 Å². The SMILES string of the molecule is CC(C)[C@H](NC(=O)CCCCCN1C(=O)C=CC1O)C(=O)N[C@@H](C)C(=O)Nc1ccc(C(=O)NCCC[C@H](NC(=O)c2ccc(NCc3cnc4nc(N)nc(N)c4n3)cc2)C(=O)O)c(C(=O)O)c1. The van der Waals surface area contributed by atoms with Gasteiger partial charge in [-0.25, -0.2) is 19.6 Å². The lowest BCUT2D eigenvalue weighted by Gasteiger charge is -2.24. The van der Waals surface area contributed by atoms with E-state index in [-0.39, 0.29) is 84.3 Å². The van der Waals surface area contributed by atoms with Crippen molar-refractivity contribution in [3.63, 3.8) is 0 Å². The summed E-state index contributed by atoms with van der Waals surface area (Å²) in [5, 5.41) is 45.4. The Balaban J connectivity index is 1.04. The van der Waals surface area contributed by atoms with E-state index >= 15 is 0 Å². The smallest absolute Gasteiger partial charge is 0.336 e. The van der Waals surface area contributed by atoms with Gasteiger partial charge in [-0.1, -0.05) is 20.3 Å². The number of nitrogens with zero attached hydrogens (tertiary/aromatic N) is 5. The number of nitrogens with two attached hydrogens (primary N) is 2. The van der Waals surface area contributed by atoms with Crippen LogP contribution < -0.4 is 43.4 Å². The minimum Gasteiger partial charge on any atom is -0.480 e. The number of nitrogen functional groups attached to an aromatic ring is 2. The average Bonchev–Trinajstić information content (AvgIpc) is 3.63. The molecule has 0 spiro atoms. The van der Waals surface area contributed by atoms with E-state index in [1.807, 2.05) is 0 Å². The van der Waals surface area contributed by atoms with Crippen molar-refractivity contribution >= 4 is 81.7 Å². The fraction of sp³-hybridized carbons (Fsp3) is 0.378. The second-order valence-corrected chi connectivity index (χ2v) is 16.4. The summed E-state index contributed by atoms with van der Waals surface area (Å²) in [6.45, 7) is 5.35. The maximum atomic E-state index is 13.2. The zero-order valence-corrected chi connectivity index (χ0v) is 38.0. The fourth-order valence-corrected chi connectivity index (χ4v) is 6.98. The number of hydrogen-bond donors (Lipinski definition) is 11.